The van der Waals surface area contributed by atoms with Gasteiger partial charge < -0.3 is 25.5 Å². The Morgan fingerprint density at radius 3 is 2.25 bits per heavy atom. The van der Waals surface area contributed by atoms with Gasteiger partial charge in [0.25, 0.3) is 5.91 Å². The molecule has 4 N–H and O–H groups in total. The van der Waals surface area contributed by atoms with E-state index in [0.717, 1.165) is 6.20 Å². The minimum absolute atomic E-state index is 0.116. The number of aromatic nitrogens is 1. The van der Waals surface area contributed by atoms with Gasteiger partial charge in [0, 0.05) is 33.4 Å². The lowest BCUT2D eigenvalue weighted by atomic mass is 10.1. The second kappa shape index (κ2) is 10.3. The number of rotatable bonds is 7. The number of benzene rings is 3. The number of hydrogen-bond donors (Lipinski definition) is 4. The maximum absolute atomic E-state index is 12.6. The fraction of sp³-hybridized carbons (Fsp3) is 0.0769. The second-order valence-electron chi connectivity index (χ2n) is 7.86. The van der Waals surface area contributed by atoms with Gasteiger partial charge in [0.15, 0.2) is 0 Å². The van der Waals surface area contributed by atoms with Gasteiger partial charge in [-0.25, -0.2) is 4.79 Å². The van der Waals surface area contributed by atoms with Crippen LogP contribution in [0.5, 0.6) is 11.5 Å². The molecule has 0 unspecified atom stereocenters. The molecule has 1 aromatic heterocycles. The number of hydrogen-bond acceptors (Lipinski definition) is 5. The van der Waals surface area contributed by atoms with Crippen molar-refractivity contribution < 1.29 is 24.2 Å². The van der Waals surface area contributed by atoms with Crippen molar-refractivity contribution in [2.45, 2.75) is 13.0 Å². The summed E-state index contributed by atoms with van der Waals surface area (Å²) in [5, 5.41) is 15.1. The summed E-state index contributed by atoms with van der Waals surface area (Å²) in [4.78, 5) is 51.6. The summed E-state index contributed by atoms with van der Waals surface area (Å²) in [5.41, 5.74) is -0.0388. The van der Waals surface area contributed by atoms with Crippen LogP contribution in [0.25, 0.3) is 10.9 Å². The minimum Gasteiger partial charge on any atom is -0.477 e. The third-order valence-corrected chi connectivity index (χ3v) is 5.54. The first-order chi connectivity index (χ1) is 17.2. The van der Waals surface area contributed by atoms with Crippen molar-refractivity contribution >= 4 is 46.0 Å². The summed E-state index contributed by atoms with van der Waals surface area (Å²) in [5.74, 6) is -1.21. The number of carboxylic acids is 1. The van der Waals surface area contributed by atoms with Gasteiger partial charge in [-0.15, -0.1) is 0 Å². The SMILES string of the molecule is C[C@H](NC(=O)c1ccc(Oc2ccc(Cl)cc2)cc1)C(=O)Nc1ccc2[nH]cc(C(=O)O)c(=O)c2c1. The van der Waals surface area contributed by atoms with Crippen molar-refractivity contribution in [2.24, 2.45) is 0 Å². The van der Waals surface area contributed by atoms with E-state index in [4.69, 9.17) is 21.4 Å². The summed E-state index contributed by atoms with van der Waals surface area (Å²) in [6, 6.07) is 16.8. The van der Waals surface area contributed by atoms with Crippen molar-refractivity contribution in [3.63, 3.8) is 0 Å². The number of aromatic carboxylic acids is 1. The number of nitrogens with one attached hydrogen (secondary N) is 3. The topological polar surface area (TPSA) is 138 Å². The molecule has 4 aromatic rings. The Morgan fingerprint density at radius 2 is 1.61 bits per heavy atom. The van der Waals surface area contributed by atoms with Gasteiger partial charge in [-0.2, -0.15) is 0 Å². The maximum Gasteiger partial charge on any atom is 0.341 e. The molecule has 0 radical (unpaired) electrons. The van der Waals surface area contributed by atoms with Gasteiger partial charge in [0.2, 0.25) is 11.3 Å². The van der Waals surface area contributed by atoms with Crippen LogP contribution in [-0.2, 0) is 4.79 Å². The number of amides is 2. The lowest BCUT2D eigenvalue weighted by molar-refractivity contribution is -0.117. The summed E-state index contributed by atoms with van der Waals surface area (Å²) >= 11 is 5.86. The molecular weight excluding hydrogens is 486 g/mol. The predicted octanol–water partition coefficient (Wildman–Crippen LogP) is 4.43. The van der Waals surface area contributed by atoms with Crippen molar-refractivity contribution in [1.82, 2.24) is 10.3 Å². The molecule has 3 aromatic carbocycles. The third kappa shape index (κ3) is 5.53. The van der Waals surface area contributed by atoms with Gasteiger partial charge in [-0.1, -0.05) is 11.6 Å². The largest absolute Gasteiger partial charge is 0.477 e. The van der Waals surface area contributed by atoms with Crippen molar-refractivity contribution in [3.05, 3.63) is 99.3 Å². The minimum atomic E-state index is -1.35. The highest BCUT2D eigenvalue weighted by atomic mass is 35.5. The third-order valence-electron chi connectivity index (χ3n) is 5.29. The zero-order valence-corrected chi connectivity index (χ0v) is 19.6. The van der Waals surface area contributed by atoms with E-state index in [0.29, 0.717) is 27.6 Å². The molecule has 182 valence electrons. The van der Waals surface area contributed by atoms with Crippen LogP contribution < -0.4 is 20.8 Å². The van der Waals surface area contributed by atoms with E-state index in [-0.39, 0.29) is 11.1 Å². The molecule has 0 saturated heterocycles. The molecule has 0 fully saturated rings. The van der Waals surface area contributed by atoms with Crippen molar-refractivity contribution in [1.29, 1.82) is 0 Å². The number of ether oxygens (including phenoxy) is 1. The molecule has 1 atom stereocenters. The van der Waals surface area contributed by atoms with Crippen LogP contribution in [0.15, 0.2) is 77.7 Å². The molecule has 0 aliphatic heterocycles. The fourth-order valence-corrected chi connectivity index (χ4v) is 3.49. The Bertz CT molecular complexity index is 1510. The fourth-order valence-electron chi connectivity index (χ4n) is 3.36. The highest BCUT2D eigenvalue weighted by Crippen LogP contribution is 2.23. The van der Waals surface area contributed by atoms with Crippen LogP contribution in [0, 0.1) is 0 Å². The van der Waals surface area contributed by atoms with Crippen LogP contribution in [0.1, 0.15) is 27.6 Å². The summed E-state index contributed by atoms with van der Waals surface area (Å²) in [6.45, 7) is 1.52. The first-order valence-corrected chi connectivity index (χ1v) is 11.1. The van der Waals surface area contributed by atoms with E-state index in [1.165, 1.54) is 13.0 Å². The number of carboxylic acid groups (broad SMARTS) is 1. The number of H-pyrrole nitrogens is 1. The first-order valence-electron chi connectivity index (χ1n) is 10.8. The molecule has 2 amide bonds. The van der Waals surface area contributed by atoms with E-state index in [9.17, 15) is 19.2 Å². The highest BCUT2D eigenvalue weighted by Gasteiger charge is 2.18. The molecule has 1 heterocycles. The molecule has 0 bridgehead atoms. The Morgan fingerprint density at radius 1 is 0.972 bits per heavy atom. The molecule has 0 spiro atoms. The van der Waals surface area contributed by atoms with Crippen molar-refractivity contribution in [3.8, 4) is 11.5 Å². The van der Waals surface area contributed by atoms with Crippen LogP contribution in [0.4, 0.5) is 5.69 Å². The maximum atomic E-state index is 12.6. The van der Waals surface area contributed by atoms with Crippen LogP contribution in [-0.4, -0.2) is 33.9 Å². The van der Waals surface area contributed by atoms with E-state index in [2.05, 4.69) is 15.6 Å². The average molecular weight is 506 g/mol. The summed E-state index contributed by atoms with van der Waals surface area (Å²) in [6.07, 6.45) is 1.12. The molecule has 10 heteroatoms. The van der Waals surface area contributed by atoms with Crippen LogP contribution >= 0.6 is 11.6 Å². The number of aromatic amines is 1. The van der Waals surface area contributed by atoms with E-state index < -0.39 is 34.8 Å². The summed E-state index contributed by atoms with van der Waals surface area (Å²) in [7, 11) is 0. The zero-order chi connectivity index (χ0) is 25.8. The number of pyridine rings is 1. The molecule has 0 aliphatic carbocycles. The van der Waals surface area contributed by atoms with Crippen LogP contribution in [0.3, 0.4) is 0 Å². The lowest BCUT2D eigenvalue weighted by Gasteiger charge is -2.15. The standard InChI is InChI=1S/C26H20ClN3O6/c1-14(24(32)30-17-6-11-22-20(12-17)23(31)21(13-28-22)26(34)35)29-25(33)15-2-7-18(8-3-15)36-19-9-4-16(27)5-10-19/h2-14H,1H3,(H,28,31)(H,29,33)(H,30,32)(H,34,35)/t14-/m0/s1. The normalized spacial score (nSPS) is 11.5. The molecular formula is C26H20ClN3O6. The lowest BCUT2D eigenvalue weighted by Crippen LogP contribution is -2.41. The van der Waals surface area contributed by atoms with E-state index in [1.54, 1.807) is 60.7 Å². The monoisotopic (exact) mass is 505 g/mol. The molecule has 36 heavy (non-hydrogen) atoms. The summed E-state index contributed by atoms with van der Waals surface area (Å²) < 4.78 is 5.70. The first kappa shape index (κ1) is 24.5. The number of halogens is 1. The highest BCUT2D eigenvalue weighted by molar-refractivity contribution is 6.30. The number of carbonyl (C=O) groups excluding carboxylic acids is 2. The number of fused-ring (bicyclic) bond motifs is 1. The van der Waals surface area contributed by atoms with Gasteiger partial charge in [-0.3, -0.25) is 14.4 Å². The van der Waals surface area contributed by atoms with Gasteiger partial charge in [0.05, 0.1) is 0 Å². The van der Waals surface area contributed by atoms with Gasteiger partial charge in [-0.05, 0) is 73.7 Å². The number of anilines is 1. The smallest absolute Gasteiger partial charge is 0.341 e. The molecule has 0 aliphatic rings. The Labute approximate surface area is 209 Å². The average Bonchev–Trinajstić information content (AvgIpc) is 2.86. The van der Waals surface area contributed by atoms with Crippen LogP contribution in [0.2, 0.25) is 5.02 Å². The quantitative estimate of drug-likeness (QED) is 0.293. The molecule has 9 nitrogen and oxygen atoms in total. The number of carbonyl (C=O) groups is 3. The van der Waals surface area contributed by atoms with Gasteiger partial charge in [0.1, 0.15) is 23.1 Å². The Hall–Kier alpha value is -4.63. The molecule has 0 saturated carbocycles. The predicted molar refractivity (Wildman–Crippen MR) is 135 cm³/mol. The van der Waals surface area contributed by atoms with E-state index >= 15 is 0 Å². The van der Waals surface area contributed by atoms with E-state index in [1.807, 2.05) is 0 Å². The zero-order valence-electron chi connectivity index (χ0n) is 18.9. The second-order valence-corrected chi connectivity index (χ2v) is 8.30. The molecule has 4 rings (SSSR count). The Kier molecular flexibility index (Phi) is 7.03. The van der Waals surface area contributed by atoms with Crippen molar-refractivity contribution in [2.75, 3.05) is 5.32 Å². The Balaban J connectivity index is 1.39. The van der Waals surface area contributed by atoms with Gasteiger partial charge >= 0.3 is 5.97 Å².